The summed E-state index contributed by atoms with van der Waals surface area (Å²) < 4.78 is 0. The van der Waals surface area contributed by atoms with Crippen LogP contribution in [0.25, 0.3) is 0 Å². The van der Waals surface area contributed by atoms with E-state index in [-0.39, 0.29) is 0 Å². The Bertz CT molecular complexity index is 164. The summed E-state index contributed by atoms with van der Waals surface area (Å²) in [6.07, 6.45) is 10.2. The largest absolute Gasteiger partial charge is 0.311 e. The zero-order valence-electron chi connectivity index (χ0n) is 9.76. The first-order chi connectivity index (χ1) is 6.77. The SMILES string of the molecule is CC(C)C(NC1CCCCC1)C1CC1. The molecule has 82 valence electrons. The number of rotatable bonds is 4. The van der Waals surface area contributed by atoms with Gasteiger partial charge in [-0.15, -0.1) is 0 Å². The van der Waals surface area contributed by atoms with Gasteiger partial charge in [-0.25, -0.2) is 0 Å². The Morgan fingerprint density at radius 2 is 1.57 bits per heavy atom. The third-order valence-electron chi connectivity index (χ3n) is 3.88. The van der Waals surface area contributed by atoms with Crippen LogP contribution in [0.15, 0.2) is 0 Å². The summed E-state index contributed by atoms with van der Waals surface area (Å²) >= 11 is 0. The van der Waals surface area contributed by atoms with Crippen molar-refractivity contribution in [2.45, 2.75) is 70.9 Å². The Hall–Kier alpha value is -0.0400. The maximum atomic E-state index is 3.92. The molecule has 2 aliphatic rings. The Labute approximate surface area is 88.7 Å². The van der Waals surface area contributed by atoms with Crippen molar-refractivity contribution in [1.29, 1.82) is 0 Å². The van der Waals surface area contributed by atoms with Crippen molar-refractivity contribution >= 4 is 0 Å². The highest BCUT2D eigenvalue weighted by molar-refractivity contribution is 4.90. The van der Waals surface area contributed by atoms with Crippen LogP contribution < -0.4 is 5.32 Å². The second-order valence-electron chi connectivity index (χ2n) is 5.61. The van der Waals surface area contributed by atoms with E-state index in [1.807, 2.05) is 0 Å². The van der Waals surface area contributed by atoms with Crippen molar-refractivity contribution in [3.63, 3.8) is 0 Å². The zero-order valence-corrected chi connectivity index (χ0v) is 9.76. The van der Waals surface area contributed by atoms with E-state index in [2.05, 4.69) is 19.2 Å². The normalized spacial score (nSPS) is 26.8. The summed E-state index contributed by atoms with van der Waals surface area (Å²) in [5, 5.41) is 3.92. The molecule has 0 aromatic heterocycles. The third-order valence-corrected chi connectivity index (χ3v) is 3.88. The molecule has 2 fully saturated rings. The molecule has 0 heterocycles. The van der Waals surface area contributed by atoms with E-state index < -0.39 is 0 Å². The van der Waals surface area contributed by atoms with Gasteiger partial charge in [0.25, 0.3) is 0 Å². The van der Waals surface area contributed by atoms with E-state index in [4.69, 9.17) is 0 Å². The van der Waals surface area contributed by atoms with E-state index in [1.54, 1.807) is 0 Å². The molecule has 0 aliphatic heterocycles. The summed E-state index contributed by atoms with van der Waals surface area (Å²) in [4.78, 5) is 0. The molecular weight excluding hydrogens is 170 g/mol. The van der Waals surface area contributed by atoms with E-state index in [9.17, 15) is 0 Å². The number of hydrogen-bond donors (Lipinski definition) is 1. The molecular formula is C13H25N. The lowest BCUT2D eigenvalue weighted by molar-refractivity contribution is 0.277. The molecule has 0 bridgehead atoms. The maximum Gasteiger partial charge on any atom is 0.0121 e. The Morgan fingerprint density at radius 1 is 0.929 bits per heavy atom. The Morgan fingerprint density at radius 3 is 2.07 bits per heavy atom. The van der Waals surface area contributed by atoms with Crippen LogP contribution in [0.1, 0.15) is 58.8 Å². The van der Waals surface area contributed by atoms with Crippen LogP contribution in [0.5, 0.6) is 0 Å². The quantitative estimate of drug-likeness (QED) is 0.725. The van der Waals surface area contributed by atoms with Crippen molar-refractivity contribution < 1.29 is 0 Å². The van der Waals surface area contributed by atoms with E-state index in [1.165, 1.54) is 44.9 Å². The molecule has 2 rings (SSSR count). The van der Waals surface area contributed by atoms with Gasteiger partial charge in [-0.05, 0) is 37.5 Å². The fourth-order valence-corrected chi connectivity index (χ4v) is 2.87. The summed E-state index contributed by atoms with van der Waals surface area (Å²) in [5.41, 5.74) is 0. The third kappa shape index (κ3) is 2.73. The lowest BCUT2D eigenvalue weighted by Gasteiger charge is -2.30. The lowest BCUT2D eigenvalue weighted by atomic mass is 9.92. The minimum atomic E-state index is 0.818. The van der Waals surface area contributed by atoms with Gasteiger partial charge in [-0.2, -0.15) is 0 Å². The summed E-state index contributed by atoms with van der Waals surface area (Å²) in [5.74, 6) is 1.83. The van der Waals surface area contributed by atoms with Gasteiger partial charge >= 0.3 is 0 Å². The minimum Gasteiger partial charge on any atom is -0.311 e. The molecule has 0 saturated heterocycles. The molecule has 1 nitrogen and oxygen atoms in total. The predicted molar refractivity (Wildman–Crippen MR) is 61.4 cm³/mol. The molecule has 0 aromatic carbocycles. The molecule has 0 aromatic rings. The van der Waals surface area contributed by atoms with Gasteiger partial charge < -0.3 is 5.32 Å². The molecule has 0 spiro atoms. The summed E-state index contributed by atoms with van der Waals surface area (Å²) in [6, 6.07) is 1.66. The molecule has 1 N–H and O–H groups in total. The van der Waals surface area contributed by atoms with Crippen LogP contribution in [-0.4, -0.2) is 12.1 Å². The monoisotopic (exact) mass is 195 g/mol. The first-order valence-electron chi connectivity index (χ1n) is 6.53. The number of hydrogen-bond acceptors (Lipinski definition) is 1. The topological polar surface area (TPSA) is 12.0 Å². The molecule has 2 aliphatic carbocycles. The van der Waals surface area contributed by atoms with E-state index in [0.29, 0.717) is 0 Å². The molecule has 1 atom stereocenters. The van der Waals surface area contributed by atoms with Crippen LogP contribution >= 0.6 is 0 Å². The summed E-state index contributed by atoms with van der Waals surface area (Å²) in [6.45, 7) is 4.75. The average Bonchev–Trinajstić information content (AvgIpc) is 2.99. The predicted octanol–water partition coefficient (Wildman–Crippen LogP) is 3.34. The van der Waals surface area contributed by atoms with Gasteiger partial charge in [-0.1, -0.05) is 33.1 Å². The van der Waals surface area contributed by atoms with Gasteiger partial charge in [0.2, 0.25) is 0 Å². The van der Waals surface area contributed by atoms with Gasteiger partial charge in [-0.3, -0.25) is 0 Å². The fraction of sp³-hybridized carbons (Fsp3) is 1.00. The van der Waals surface area contributed by atoms with Crippen molar-refractivity contribution in [1.82, 2.24) is 5.32 Å². The highest BCUT2D eigenvalue weighted by Crippen LogP contribution is 2.36. The van der Waals surface area contributed by atoms with Crippen molar-refractivity contribution in [2.75, 3.05) is 0 Å². The van der Waals surface area contributed by atoms with Crippen LogP contribution in [0.3, 0.4) is 0 Å². The average molecular weight is 195 g/mol. The Balaban J connectivity index is 1.79. The van der Waals surface area contributed by atoms with Crippen LogP contribution in [0.2, 0.25) is 0 Å². The van der Waals surface area contributed by atoms with Gasteiger partial charge in [0, 0.05) is 12.1 Å². The van der Waals surface area contributed by atoms with Crippen molar-refractivity contribution in [2.24, 2.45) is 11.8 Å². The highest BCUT2D eigenvalue weighted by Gasteiger charge is 2.34. The van der Waals surface area contributed by atoms with Crippen LogP contribution in [0, 0.1) is 11.8 Å². The fourth-order valence-electron chi connectivity index (χ4n) is 2.87. The molecule has 2 saturated carbocycles. The van der Waals surface area contributed by atoms with Gasteiger partial charge in [0.05, 0.1) is 0 Å². The standard InChI is InChI=1S/C13H25N/c1-10(2)13(11-8-9-11)14-12-6-4-3-5-7-12/h10-14H,3-9H2,1-2H3. The molecule has 0 amide bonds. The number of nitrogens with one attached hydrogen (secondary N) is 1. The molecule has 0 radical (unpaired) electrons. The smallest absolute Gasteiger partial charge is 0.0121 e. The minimum absolute atomic E-state index is 0.818. The maximum absolute atomic E-state index is 3.92. The van der Waals surface area contributed by atoms with E-state index in [0.717, 1.165) is 23.9 Å². The van der Waals surface area contributed by atoms with Gasteiger partial charge in [0.15, 0.2) is 0 Å². The van der Waals surface area contributed by atoms with Crippen LogP contribution in [0.4, 0.5) is 0 Å². The highest BCUT2D eigenvalue weighted by atomic mass is 15.0. The Kier molecular flexibility index (Phi) is 3.48. The van der Waals surface area contributed by atoms with Crippen molar-refractivity contribution in [3.05, 3.63) is 0 Å². The first-order valence-corrected chi connectivity index (χ1v) is 6.53. The van der Waals surface area contributed by atoms with E-state index >= 15 is 0 Å². The van der Waals surface area contributed by atoms with Crippen molar-refractivity contribution in [3.8, 4) is 0 Å². The van der Waals surface area contributed by atoms with Crippen LogP contribution in [-0.2, 0) is 0 Å². The molecule has 1 unspecified atom stereocenters. The second kappa shape index (κ2) is 4.65. The second-order valence-corrected chi connectivity index (χ2v) is 5.61. The zero-order chi connectivity index (χ0) is 9.97. The lowest BCUT2D eigenvalue weighted by Crippen LogP contribution is -2.43. The molecule has 1 heteroatoms. The summed E-state index contributed by atoms with van der Waals surface area (Å²) in [7, 11) is 0. The first kappa shape index (κ1) is 10.5. The van der Waals surface area contributed by atoms with Gasteiger partial charge in [0.1, 0.15) is 0 Å². The molecule has 14 heavy (non-hydrogen) atoms.